The molecule has 0 aliphatic heterocycles. The molecular formula is C7H8NO6P. The Morgan fingerprint density at radius 2 is 2.07 bits per heavy atom. The van der Waals surface area contributed by atoms with Crippen molar-refractivity contribution in [1.82, 2.24) is 0 Å². The number of para-hydroxylation sites is 1. The fourth-order valence-corrected chi connectivity index (χ4v) is 1.27. The predicted octanol–water partition coefficient (Wildman–Crippen LogP) is 0.463. The lowest BCUT2D eigenvalue weighted by atomic mass is 10.2. The summed E-state index contributed by atoms with van der Waals surface area (Å²) in [5.74, 6) is 0. The zero-order chi connectivity index (χ0) is 11.5. The van der Waals surface area contributed by atoms with E-state index in [9.17, 15) is 14.4 Å². The third-order valence-corrected chi connectivity index (χ3v) is 2.04. The van der Waals surface area contributed by atoms with Gasteiger partial charge >= 0.3 is 5.69 Å². The van der Waals surface area contributed by atoms with Crippen molar-refractivity contribution >= 4 is 13.5 Å². The first-order valence-corrected chi connectivity index (χ1v) is 5.32. The Bertz CT molecular complexity index is 414. The van der Waals surface area contributed by atoms with Gasteiger partial charge in [0.1, 0.15) is 0 Å². The Labute approximate surface area is 84.7 Å². The average Bonchev–Trinajstić information content (AvgIpc) is 2.14. The fraction of sp³-hybridized carbons (Fsp3) is 0.143. The van der Waals surface area contributed by atoms with Crippen LogP contribution in [0.2, 0.25) is 0 Å². The summed E-state index contributed by atoms with van der Waals surface area (Å²) in [5, 5.41) is 8.65. The summed E-state index contributed by atoms with van der Waals surface area (Å²) in [6, 6.07) is 5.67. The van der Waals surface area contributed by atoms with Gasteiger partial charge in [-0.25, -0.2) is 5.21 Å². The lowest BCUT2D eigenvalue weighted by molar-refractivity contribution is -0.730. The van der Waals surface area contributed by atoms with E-state index in [2.05, 4.69) is 4.52 Å². The highest BCUT2D eigenvalue weighted by atomic mass is 31.2. The van der Waals surface area contributed by atoms with Gasteiger partial charge in [-0.2, -0.15) is 0 Å². The van der Waals surface area contributed by atoms with Gasteiger partial charge in [0, 0.05) is 6.07 Å². The lowest BCUT2D eigenvalue weighted by Crippen LogP contribution is -2.05. The third kappa shape index (κ3) is 3.77. The van der Waals surface area contributed by atoms with Gasteiger partial charge in [-0.05, 0) is 6.07 Å². The first-order valence-electron chi connectivity index (χ1n) is 3.82. The van der Waals surface area contributed by atoms with Crippen LogP contribution in [0.15, 0.2) is 24.3 Å². The van der Waals surface area contributed by atoms with Crippen LogP contribution < -0.4 is 4.89 Å². The van der Waals surface area contributed by atoms with Gasteiger partial charge < -0.3 is 14.3 Å². The molecule has 0 heterocycles. The second kappa shape index (κ2) is 4.50. The molecule has 8 heteroatoms. The lowest BCUT2D eigenvalue weighted by Gasteiger charge is -2.14. The van der Waals surface area contributed by atoms with Crippen molar-refractivity contribution < 1.29 is 29.0 Å². The molecule has 0 aromatic heterocycles. The number of nitrogens with zero attached hydrogens (tertiary/aromatic N) is 1. The maximum atomic E-state index is 10.6. The van der Waals surface area contributed by atoms with Gasteiger partial charge in [0.05, 0.1) is 17.1 Å². The van der Waals surface area contributed by atoms with Crippen molar-refractivity contribution in [2.45, 2.75) is 6.61 Å². The summed E-state index contributed by atoms with van der Waals surface area (Å²) in [6.07, 6.45) is 0. The number of rotatable bonds is 4. The highest BCUT2D eigenvalue weighted by Gasteiger charge is 2.18. The van der Waals surface area contributed by atoms with Crippen molar-refractivity contribution in [2.24, 2.45) is 0 Å². The van der Waals surface area contributed by atoms with Gasteiger partial charge in [0.15, 0.2) is 0 Å². The minimum atomic E-state index is -4.83. The van der Waals surface area contributed by atoms with Crippen LogP contribution in [-0.2, 0) is 15.7 Å². The largest absolute Gasteiger partial charge is 0.756 e. The molecule has 0 saturated carbocycles. The van der Waals surface area contributed by atoms with Crippen LogP contribution in [0.25, 0.3) is 0 Å². The highest BCUT2D eigenvalue weighted by molar-refractivity contribution is 7.44. The van der Waals surface area contributed by atoms with Gasteiger partial charge in [-0.3, -0.25) is 4.57 Å². The average molecular weight is 233 g/mol. The zero-order valence-electron chi connectivity index (χ0n) is 7.44. The number of phosphoric acid groups is 1. The van der Waals surface area contributed by atoms with Crippen molar-refractivity contribution in [3.8, 4) is 0 Å². The van der Waals surface area contributed by atoms with Crippen LogP contribution in [-0.4, -0.2) is 15.0 Å². The summed E-state index contributed by atoms with van der Waals surface area (Å²) in [6.45, 7) is -0.521. The Morgan fingerprint density at radius 1 is 1.47 bits per heavy atom. The molecule has 15 heavy (non-hydrogen) atoms. The Kier molecular flexibility index (Phi) is 3.54. The number of hydrogen-bond acceptors (Lipinski definition) is 4. The maximum Gasteiger partial charge on any atom is 0.322 e. The smallest absolute Gasteiger partial charge is 0.322 e. The van der Waals surface area contributed by atoms with E-state index in [4.69, 9.17) is 10.1 Å². The van der Waals surface area contributed by atoms with Crippen molar-refractivity contribution in [3.63, 3.8) is 0 Å². The Morgan fingerprint density at radius 3 is 2.60 bits per heavy atom. The van der Waals surface area contributed by atoms with Gasteiger partial charge in [-0.15, -0.1) is 0 Å². The topological polar surface area (TPSA) is 110 Å². The molecule has 7 nitrogen and oxygen atoms in total. The second-order valence-corrected chi connectivity index (χ2v) is 3.84. The Hall–Kier alpha value is -1.27. The number of benzene rings is 1. The molecule has 1 aromatic rings. The molecule has 0 aliphatic rings. The van der Waals surface area contributed by atoms with E-state index in [1.165, 1.54) is 24.3 Å². The number of phosphoric ester groups is 1. The molecule has 0 saturated heterocycles. The van der Waals surface area contributed by atoms with Crippen molar-refractivity contribution in [2.75, 3.05) is 0 Å². The summed E-state index contributed by atoms with van der Waals surface area (Å²) in [4.78, 5) is 28.8. The van der Waals surface area contributed by atoms with E-state index < -0.39 is 19.4 Å². The molecule has 82 valence electrons. The van der Waals surface area contributed by atoms with Gasteiger partial charge in [-0.1, -0.05) is 12.1 Å². The molecule has 0 amide bonds. The first-order chi connectivity index (χ1) is 6.90. The van der Waals surface area contributed by atoms with Crippen LogP contribution in [0.3, 0.4) is 0 Å². The quantitative estimate of drug-likeness (QED) is 0.577. The summed E-state index contributed by atoms with van der Waals surface area (Å²) in [7, 11) is -4.83. The fourth-order valence-electron chi connectivity index (χ4n) is 0.971. The van der Waals surface area contributed by atoms with Crippen molar-refractivity contribution in [3.05, 3.63) is 34.7 Å². The molecule has 0 spiro atoms. The van der Waals surface area contributed by atoms with Crippen molar-refractivity contribution in [1.29, 1.82) is 0 Å². The predicted molar refractivity (Wildman–Crippen MR) is 46.1 cm³/mol. The molecule has 0 fully saturated rings. The highest BCUT2D eigenvalue weighted by Crippen LogP contribution is 2.33. The molecule has 1 rings (SSSR count). The molecule has 1 unspecified atom stereocenters. The second-order valence-electron chi connectivity index (χ2n) is 2.64. The monoisotopic (exact) mass is 233 g/mol. The first kappa shape index (κ1) is 11.8. The molecule has 2 N–H and O–H groups in total. The molecule has 1 aromatic carbocycles. The van der Waals surface area contributed by atoms with Crippen LogP contribution in [0.1, 0.15) is 5.56 Å². The molecular weight excluding hydrogens is 225 g/mol. The maximum absolute atomic E-state index is 10.6. The minimum Gasteiger partial charge on any atom is -0.756 e. The number of hydrogen-bond donors (Lipinski definition) is 2. The molecule has 0 radical (unpaired) electrons. The van der Waals surface area contributed by atoms with E-state index in [0.717, 1.165) is 0 Å². The summed E-state index contributed by atoms with van der Waals surface area (Å²) < 4.78 is 14.4. The van der Waals surface area contributed by atoms with Gasteiger partial charge in [0.2, 0.25) is 0 Å². The third-order valence-electron chi connectivity index (χ3n) is 1.58. The van der Waals surface area contributed by atoms with E-state index in [1.54, 1.807) is 0 Å². The molecule has 0 bridgehead atoms. The van der Waals surface area contributed by atoms with Crippen LogP contribution in [0.4, 0.5) is 5.69 Å². The zero-order valence-corrected chi connectivity index (χ0v) is 8.33. The Balaban J connectivity index is 2.85. The summed E-state index contributed by atoms with van der Waals surface area (Å²) in [5.41, 5.74) is -0.00826. The van der Waals surface area contributed by atoms with Crippen LogP contribution in [0, 0.1) is 4.91 Å². The normalized spacial score (nSPS) is 14.5. The van der Waals surface area contributed by atoms with Gasteiger partial charge in [0.25, 0.3) is 12.7 Å². The van der Waals surface area contributed by atoms with E-state index in [0.29, 0.717) is 0 Å². The van der Waals surface area contributed by atoms with Crippen LogP contribution in [0.5, 0.6) is 0 Å². The SMILES string of the molecule is O=[N+](O)c1ccccc1COP(=O)([O-])O. The minimum absolute atomic E-state index is 0.139. The van der Waals surface area contributed by atoms with E-state index in [-0.39, 0.29) is 11.3 Å². The standard InChI is InChI=1S/C7H8NO6P/c9-8(10)7-4-2-1-3-6(7)5-14-15(11,12)13/h1-4H,5H2,(H2-,9,10,11,12,13). The molecule has 1 atom stereocenters. The van der Waals surface area contributed by atoms with Crippen LogP contribution >= 0.6 is 7.82 Å². The van der Waals surface area contributed by atoms with E-state index >= 15 is 0 Å². The van der Waals surface area contributed by atoms with E-state index in [1.807, 2.05) is 0 Å². The summed E-state index contributed by atoms with van der Waals surface area (Å²) >= 11 is 0. The molecule has 0 aliphatic carbocycles.